The molecule has 7 heteroatoms. The Labute approximate surface area is 164 Å². The standard InChI is InChI=1S/C20H37N7/c1-21-19(22-14-18-15-23-20(25(2)3)26(18)4)24-16-10-12-27(13-11-16)17-8-6-5-7-9-17/h15-17H,5-14H2,1-4H3,(H2,21,22,24). The molecule has 1 aromatic heterocycles. The van der Waals surface area contributed by atoms with Crippen molar-refractivity contribution in [1.29, 1.82) is 0 Å². The van der Waals surface area contributed by atoms with Crippen LogP contribution in [-0.4, -0.2) is 66.7 Å². The molecule has 0 bridgehead atoms. The van der Waals surface area contributed by atoms with Crippen LogP contribution in [0.15, 0.2) is 11.2 Å². The number of nitrogens with one attached hydrogen (secondary N) is 2. The van der Waals surface area contributed by atoms with Crippen LogP contribution in [0.2, 0.25) is 0 Å². The molecule has 0 atom stereocenters. The van der Waals surface area contributed by atoms with Gasteiger partial charge in [0.1, 0.15) is 0 Å². The van der Waals surface area contributed by atoms with E-state index in [0.29, 0.717) is 6.04 Å². The maximum Gasteiger partial charge on any atom is 0.204 e. The maximum absolute atomic E-state index is 4.47. The minimum Gasteiger partial charge on any atom is -0.354 e. The zero-order chi connectivity index (χ0) is 19.2. The molecular weight excluding hydrogens is 338 g/mol. The van der Waals surface area contributed by atoms with Crippen LogP contribution in [0.5, 0.6) is 0 Å². The highest BCUT2D eigenvalue weighted by atomic mass is 15.3. The quantitative estimate of drug-likeness (QED) is 0.608. The largest absolute Gasteiger partial charge is 0.354 e. The first-order chi connectivity index (χ1) is 13.1. The summed E-state index contributed by atoms with van der Waals surface area (Å²) in [5.41, 5.74) is 1.15. The second-order valence-electron chi connectivity index (χ2n) is 8.18. The summed E-state index contributed by atoms with van der Waals surface area (Å²) in [7, 11) is 7.93. The summed E-state index contributed by atoms with van der Waals surface area (Å²) in [6.45, 7) is 3.15. The average molecular weight is 376 g/mol. The van der Waals surface area contributed by atoms with E-state index in [1.54, 1.807) is 0 Å². The fraction of sp³-hybridized carbons (Fsp3) is 0.800. The van der Waals surface area contributed by atoms with Gasteiger partial charge < -0.3 is 25.0 Å². The van der Waals surface area contributed by atoms with E-state index >= 15 is 0 Å². The number of aromatic nitrogens is 2. The number of anilines is 1. The van der Waals surface area contributed by atoms with Crippen LogP contribution in [0.25, 0.3) is 0 Å². The van der Waals surface area contributed by atoms with Crippen LogP contribution < -0.4 is 15.5 Å². The van der Waals surface area contributed by atoms with Gasteiger partial charge in [0.2, 0.25) is 5.95 Å². The predicted octanol–water partition coefficient (Wildman–Crippen LogP) is 1.95. The minimum atomic E-state index is 0.514. The number of hydrogen-bond donors (Lipinski definition) is 2. The van der Waals surface area contributed by atoms with Gasteiger partial charge in [0.25, 0.3) is 0 Å². The zero-order valence-electron chi connectivity index (χ0n) is 17.5. The van der Waals surface area contributed by atoms with E-state index < -0.39 is 0 Å². The first kappa shape index (κ1) is 20.0. The second kappa shape index (κ2) is 9.44. The third-order valence-electron chi connectivity index (χ3n) is 6.08. The minimum absolute atomic E-state index is 0.514. The molecule has 0 aromatic carbocycles. The van der Waals surface area contributed by atoms with Crippen molar-refractivity contribution in [2.45, 2.75) is 63.6 Å². The maximum atomic E-state index is 4.47. The molecule has 3 rings (SSSR count). The highest BCUT2D eigenvalue weighted by Crippen LogP contribution is 2.25. The van der Waals surface area contributed by atoms with E-state index in [1.165, 1.54) is 58.0 Å². The molecule has 2 heterocycles. The van der Waals surface area contributed by atoms with Gasteiger partial charge >= 0.3 is 0 Å². The Balaban J connectivity index is 1.44. The molecule has 0 unspecified atom stereocenters. The molecule has 1 aromatic rings. The highest BCUT2D eigenvalue weighted by molar-refractivity contribution is 5.79. The fourth-order valence-electron chi connectivity index (χ4n) is 4.43. The lowest BCUT2D eigenvalue weighted by molar-refractivity contribution is 0.119. The number of aliphatic imine (C=N–C) groups is 1. The van der Waals surface area contributed by atoms with Crippen molar-refractivity contribution >= 4 is 11.9 Å². The number of imidazole rings is 1. The lowest BCUT2D eigenvalue weighted by Gasteiger charge is -2.39. The Bertz CT molecular complexity index is 608. The fourth-order valence-corrected chi connectivity index (χ4v) is 4.43. The smallest absolute Gasteiger partial charge is 0.204 e. The molecule has 0 spiro atoms. The van der Waals surface area contributed by atoms with Gasteiger partial charge in [-0.3, -0.25) is 4.99 Å². The Morgan fingerprint density at radius 3 is 2.48 bits per heavy atom. The van der Waals surface area contributed by atoms with E-state index in [-0.39, 0.29) is 0 Å². The van der Waals surface area contributed by atoms with Crippen molar-refractivity contribution < 1.29 is 0 Å². The summed E-state index contributed by atoms with van der Waals surface area (Å²) >= 11 is 0. The molecule has 2 N–H and O–H groups in total. The molecule has 2 fully saturated rings. The van der Waals surface area contributed by atoms with Crippen LogP contribution in [0.1, 0.15) is 50.6 Å². The Morgan fingerprint density at radius 1 is 1.19 bits per heavy atom. The summed E-state index contributed by atoms with van der Waals surface area (Å²) in [5, 5.41) is 7.07. The van der Waals surface area contributed by atoms with E-state index in [4.69, 9.17) is 0 Å². The molecule has 7 nitrogen and oxygen atoms in total. The van der Waals surface area contributed by atoms with Gasteiger partial charge in [-0.05, 0) is 25.7 Å². The van der Waals surface area contributed by atoms with Gasteiger partial charge in [-0.15, -0.1) is 0 Å². The highest BCUT2D eigenvalue weighted by Gasteiger charge is 2.26. The van der Waals surface area contributed by atoms with Crippen LogP contribution in [0.3, 0.4) is 0 Å². The molecule has 2 aliphatic rings. The van der Waals surface area contributed by atoms with E-state index in [2.05, 4.69) is 37.1 Å². The van der Waals surface area contributed by atoms with Crippen molar-refractivity contribution in [2.75, 3.05) is 39.1 Å². The van der Waals surface area contributed by atoms with Gasteiger partial charge in [-0.25, -0.2) is 4.98 Å². The lowest BCUT2D eigenvalue weighted by Crippen LogP contribution is -2.50. The van der Waals surface area contributed by atoms with E-state index in [1.807, 2.05) is 32.2 Å². The normalized spacial score (nSPS) is 20.7. The predicted molar refractivity (Wildman–Crippen MR) is 112 cm³/mol. The number of piperidine rings is 1. The van der Waals surface area contributed by atoms with E-state index in [9.17, 15) is 0 Å². The summed E-state index contributed by atoms with van der Waals surface area (Å²) in [6.07, 6.45) is 11.4. The molecule has 1 saturated carbocycles. The summed E-state index contributed by atoms with van der Waals surface area (Å²) in [4.78, 5) is 13.6. The number of guanidine groups is 1. The van der Waals surface area contributed by atoms with Crippen LogP contribution in [-0.2, 0) is 13.6 Å². The SMILES string of the molecule is CN=C(NCc1cnc(N(C)C)n1C)NC1CCN(C2CCCCC2)CC1. The summed E-state index contributed by atoms with van der Waals surface area (Å²) < 4.78 is 2.11. The number of likely N-dealkylation sites (tertiary alicyclic amines) is 1. The second-order valence-corrected chi connectivity index (χ2v) is 8.18. The van der Waals surface area contributed by atoms with Gasteiger partial charge in [0.05, 0.1) is 18.4 Å². The van der Waals surface area contributed by atoms with Crippen molar-refractivity contribution in [2.24, 2.45) is 12.0 Å². The Kier molecular flexibility index (Phi) is 6.99. The third-order valence-corrected chi connectivity index (χ3v) is 6.08. The average Bonchev–Trinajstić information content (AvgIpc) is 3.07. The molecule has 1 aliphatic heterocycles. The van der Waals surface area contributed by atoms with Gasteiger partial charge in [0, 0.05) is 53.4 Å². The van der Waals surface area contributed by atoms with Gasteiger partial charge in [0.15, 0.2) is 5.96 Å². The molecule has 152 valence electrons. The molecular formula is C20H37N7. The first-order valence-electron chi connectivity index (χ1n) is 10.5. The van der Waals surface area contributed by atoms with E-state index in [0.717, 1.165) is 30.2 Å². The van der Waals surface area contributed by atoms with Crippen LogP contribution in [0, 0.1) is 0 Å². The molecule has 0 amide bonds. The molecule has 1 saturated heterocycles. The molecule has 27 heavy (non-hydrogen) atoms. The third kappa shape index (κ3) is 5.15. The molecule has 0 radical (unpaired) electrons. The monoisotopic (exact) mass is 375 g/mol. The summed E-state index contributed by atoms with van der Waals surface area (Å²) in [6, 6.07) is 1.35. The number of nitrogens with zero attached hydrogens (tertiary/aromatic N) is 5. The first-order valence-corrected chi connectivity index (χ1v) is 10.5. The van der Waals surface area contributed by atoms with Crippen molar-refractivity contribution in [3.63, 3.8) is 0 Å². The van der Waals surface area contributed by atoms with Crippen LogP contribution >= 0.6 is 0 Å². The van der Waals surface area contributed by atoms with Gasteiger partial charge in [-0.1, -0.05) is 19.3 Å². The van der Waals surface area contributed by atoms with Crippen molar-refractivity contribution in [3.05, 3.63) is 11.9 Å². The molecule has 1 aliphatic carbocycles. The number of hydrogen-bond acceptors (Lipinski definition) is 4. The van der Waals surface area contributed by atoms with Gasteiger partial charge in [-0.2, -0.15) is 0 Å². The zero-order valence-corrected chi connectivity index (χ0v) is 17.5. The number of rotatable bonds is 5. The van der Waals surface area contributed by atoms with Crippen molar-refractivity contribution in [1.82, 2.24) is 25.1 Å². The Morgan fingerprint density at radius 2 is 1.89 bits per heavy atom. The van der Waals surface area contributed by atoms with Crippen LogP contribution in [0.4, 0.5) is 5.95 Å². The Hall–Kier alpha value is -1.76. The lowest BCUT2D eigenvalue weighted by atomic mass is 9.92. The topological polar surface area (TPSA) is 60.7 Å². The van der Waals surface area contributed by atoms with Crippen molar-refractivity contribution in [3.8, 4) is 0 Å². The summed E-state index contributed by atoms with van der Waals surface area (Å²) in [5.74, 6) is 1.85.